The largest absolute Gasteiger partial charge is 0.492 e. The molecule has 0 aromatic heterocycles. The molecule has 1 aliphatic heterocycles. The molecule has 2 rings (SSSR count). The van der Waals surface area contributed by atoms with E-state index in [1.54, 1.807) is 17.0 Å². The van der Waals surface area contributed by atoms with Crippen molar-refractivity contribution < 1.29 is 14.3 Å². The Bertz CT molecular complexity index is 713. The first-order valence-electron chi connectivity index (χ1n) is 13.5. The van der Waals surface area contributed by atoms with Crippen molar-refractivity contribution in [2.24, 2.45) is 0 Å². The predicted octanol–water partition coefficient (Wildman–Crippen LogP) is 3.00. The average Bonchev–Trinajstić information content (AvgIpc) is 2.89. The number of ether oxygens (including phenoxy) is 1. The summed E-state index contributed by atoms with van der Waals surface area (Å²) in [5.41, 5.74) is 0.596. The van der Waals surface area contributed by atoms with Gasteiger partial charge in [0.1, 0.15) is 12.4 Å². The van der Waals surface area contributed by atoms with Gasteiger partial charge in [0.2, 0.25) is 0 Å². The second kappa shape index (κ2) is 16.5. The molecule has 8 nitrogen and oxygen atoms in total. The number of likely N-dealkylation sites (tertiary alicyclic amines) is 1. The number of nitrogens with one attached hydrogen (secondary N) is 1. The van der Waals surface area contributed by atoms with Crippen LogP contribution in [0.1, 0.15) is 47.0 Å². The highest BCUT2D eigenvalue weighted by Crippen LogP contribution is 2.16. The Balaban J connectivity index is 1.87. The quantitative estimate of drug-likeness (QED) is 0.382. The van der Waals surface area contributed by atoms with E-state index in [1.807, 2.05) is 12.1 Å². The molecule has 1 saturated heterocycles. The second-order valence-electron chi connectivity index (χ2n) is 9.08. The SMILES string of the molecule is CCN(CC)CCN(CCN(CC)CC)C(=O)C(=O)Nc1ccc(OCCN2CCCCC2)cc1. The number of rotatable bonds is 15. The van der Waals surface area contributed by atoms with Gasteiger partial charge < -0.3 is 24.8 Å². The Hall–Kier alpha value is -2.16. The predicted molar refractivity (Wildman–Crippen MR) is 143 cm³/mol. The molecule has 8 heteroatoms. The highest BCUT2D eigenvalue weighted by Gasteiger charge is 2.23. The molecule has 0 atom stereocenters. The molecule has 198 valence electrons. The van der Waals surface area contributed by atoms with Crippen LogP contribution in [0.4, 0.5) is 5.69 Å². The van der Waals surface area contributed by atoms with Gasteiger partial charge in [-0.25, -0.2) is 0 Å². The Morgan fingerprint density at radius 3 is 1.89 bits per heavy atom. The van der Waals surface area contributed by atoms with Crippen LogP contribution in [0.5, 0.6) is 5.75 Å². The summed E-state index contributed by atoms with van der Waals surface area (Å²) in [6, 6.07) is 7.26. The van der Waals surface area contributed by atoms with Gasteiger partial charge in [-0.2, -0.15) is 0 Å². The number of carbonyl (C=O) groups excluding carboxylic acids is 2. The number of likely N-dealkylation sites (N-methyl/N-ethyl adjacent to an activating group) is 2. The summed E-state index contributed by atoms with van der Waals surface area (Å²) in [4.78, 5) is 34.5. The summed E-state index contributed by atoms with van der Waals surface area (Å²) in [6.45, 7) is 18.6. The second-order valence-corrected chi connectivity index (χ2v) is 9.08. The van der Waals surface area contributed by atoms with Gasteiger partial charge in [-0.05, 0) is 76.4 Å². The summed E-state index contributed by atoms with van der Waals surface area (Å²) < 4.78 is 5.87. The highest BCUT2D eigenvalue weighted by molar-refractivity contribution is 6.39. The molecule has 0 radical (unpaired) electrons. The van der Waals surface area contributed by atoms with E-state index in [1.165, 1.54) is 19.3 Å². The van der Waals surface area contributed by atoms with Gasteiger partial charge in [0.05, 0.1) is 0 Å². The van der Waals surface area contributed by atoms with E-state index in [0.29, 0.717) is 25.4 Å². The minimum Gasteiger partial charge on any atom is -0.492 e. The summed E-state index contributed by atoms with van der Waals surface area (Å²) in [7, 11) is 0. The zero-order valence-corrected chi connectivity index (χ0v) is 22.4. The van der Waals surface area contributed by atoms with Gasteiger partial charge in [0, 0.05) is 38.4 Å². The van der Waals surface area contributed by atoms with Crippen molar-refractivity contribution in [2.45, 2.75) is 47.0 Å². The molecule has 1 fully saturated rings. The molecule has 0 aliphatic carbocycles. The van der Waals surface area contributed by atoms with Crippen LogP contribution in [0.2, 0.25) is 0 Å². The molecule has 0 saturated carbocycles. The van der Waals surface area contributed by atoms with Crippen molar-refractivity contribution in [2.75, 3.05) is 83.9 Å². The number of hydrogen-bond acceptors (Lipinski definition) is 6. The smallest absolute Gasteiger partial charge is 0.313 e. The molecule has 0 bridgehead atoms. The van der Waals surface area contributed by atoms with Crippen molar-refractivity contribution in [3.63, 3.8) is 0 Å². The standard InChI is InChI=1S/C27H47N5O3/c1-5-29(6-2)18-20-32(21-19-30(7-3)8-4)27(34)26(33)28-24-12-14-25(15-13-24)35-23-22-31-16-10-9-11-17-31/h12-15H,5-11,16-23H2,1-4H3,(H,28,33). The molecule has 35 heavy (non-hydrogen) atoms. The van der Waals surface area contributed by atoms with Crippen LogP contribution in [0.3, 0.4) is 0 Å². The molecule has 1 aromatic rings. The first kappa shape index (κ1) is 29.1. The van der Waals surface area contributed by atoms with Crippen LogP contribution < -0.4 is 10.1 Å². The van der Waals surface area contributed by atoms with Crippen molar-refractivity contribution in [3.05, 3.63) is 24.3 Å². The van der Waals surface area contributed by atoms with Gasteiger partial charge >= 0.3 is 11.8 Å². The Morgan fingerprint density at radius 1 is 0.829 bits per heavy atom. The molecule has 1 aliphatic rings. The number of carbonyl (C=O) groups is 2. The van der Waals surface area contributed by atoms with E-state index in [4.69, 9.17) is 4.74 Å². The summed E-state index contributed by atoms with van der Waals surface area (Å²) in [6.07, 6.45) is 3.88. The lowest BCUT2D eigenvalue weighted by molar-refractivity contribution is -0.143. The Morgan fingerprint density at radius 2 is 1.37 bits per heavy atom. The number of hydrogen-bond donors (Lipinski definition) is 1. The maximum absolute atomic E-state index is 13.0. The molecule has 1 aromatic carbocycles. The maximum atomic E-state index is 13.0. The van der Waals surface area contributed by atoms with E-state index in [9.17, 15) is 9.59 Å². The maximum Gasteiger partial charge on any atom is 0.313 e. The van der Waals surface area contributed by atoms with Crippen LogP contribution in [-0.2, 0) is 9.59 Å². The van der Waals surface area contributed by atoms with Crippen LogP contribution in [-0.4, -0.2) is 110 Å². The third kappa shape index (κ3) is 10.5. The third-order valence-corrected chi connectivity index (χ3v) is 6.88. The van der Waals surface area contributed by atoms with Gasteiger partial charge in [0.15, 0.2) is 0 Å². The van der Waals surface area contributed by atoms with Gasteiger partial charge in [-0.3, -0.25) is 14.5 Å². The fourth-order valence-corrected chi connectivity index (χ4v) is 4.36. The van der Waals surface area contributed by atoms with E-state index in [0.717, 1.165) is 64.7 Å². The third-order valence-electron chi connectivity index (χ3n) is 6.88. The van der Waals surface area contributed by atoms with Crippen molar-refractivity contribution in [1.29, 1.82) is 0 Å². The molecule has 0 unspecified atom stereocenters. The fourth-order valence-electron chi connectivity index (χ4n) is 4.36. The lowest BCUT2D eigenvalue weighted by Gasteiger charge is -2.28. The number of amides is 2. The lowest BCUT2D eigenvalue weighted by atomic mass is 10.1. The average molecular weight is 490 g/mol. The summed E-state index contributed by atoms with van der Waals surface area (Å²) in [5, 5.41) is 2.77. The van der Waals surface area contributed by atoms with E-state index < -0.39 is 11.8 Å². The lowest BCUT2D eigenvalue weighted by Crippen LogP contribution is -2.46. The number of benzene rings is 1. The first-order valence-corrected chi connectivity index (χ1v) is 13.5. The summed E-state index contributed by atoms with van der Waals surface area (Å²) >= 11 is 0. The Labute approximate surface area is 212 Å². The van der Waals surface area contributed by atoms with Gasteiger partial charge in [-0.1, -0.05) is 34.1 Å². The number of nitrogens with zero attached hydrogens (tertiary/aromatic N) is 4. The monoisotopic (exact) mass is 489 g/mol. The molecule has 1 N–H and O–H groups in total. The fraction of sp³-hybridized carbons (Fsp3) is 0.704. The topological polar surface area (TPSA) is 68.4 Å². The molecule has 1 heterocycles. The first-order chi connectivity index (χ1) is 17.0. The van der Waals surface area contributed by atoms with Crippen LogP contribution >= 0.6 is 0 Å². The van der Waals surface area contributed by atoms with E-state index in [2.05, 4.69) is 47.7 Å². The highest BCUT2D eigenvalue weighted by atomic mass is 16.5. The van der Waals surface area contributed by atoms with E-state index >= 15 is 0 Å². The van der Waals surface area contributed by atoms with Crippen molar-refractivity contribution >= 4 is 17.5 Å². The molecule has 0 spiro atoms. The van der Waals surface area contributed by atoms with Crippen molar-refractivity contribution in [3.8, 4) is 5.75 Å². The van der Waals surface area contributed by atoms with Gasteiger partial charge in [-0.15, -0.1) is 0 Å². The van der Waals surface area contributed by atoms with Crippen LogP contribution in [0, 0.1) is 0 Å². The normalized spacial score (nSPS) is 14.3. The minimum absolute atomic E-state index is 0.480. The van der Waals surface area contributed by atoms with Crippen LogP contribution in [0.25, 0.3) is 0 Å². The summed E-state index contributed by atoms with van der Waals surface area (Å²) in [5.74, 6) is -0.305. The zero-order chi connectivity index (χ0) is 25.5. The molecular formula is C27H47N5O3. The van der Waals surface area contributed by atoms with Crippen LogP contribution in [0.15, 0.2) is 24.3 Å². The Kier molecular flexibility index (Phi) is 13.7. The number of anilines is 1. The molecule has 2 amide bonds. The zero-order valence-electron chi connectivity index (χ0n) is 22.4. The van der Waals surface area contributed by atoms with Crippen molar-refractivity contribution in [1.82, 2.24) is 19.6 Å². The van der Waals surface area contributed by atoms with E-state index in [-0.39, 0.29) is 0 Å². The van der Waals surface area contributed by atoms with Gasteiger partial charge in [0.25, 0.3) is 0 Å². The minimum atomic E-state index is -0.595. The molecular weight excluding hydrogens is 442 g/mol. The number of piperidine rings is 1.